The Morgan fingerprint density at radius 1 is 1.40 bits per heavy atom. The minimum Gasteiger partial charge on any atom is -0.263 e. The topological polar surface area (TPSA) is 48.5 Å². The molecule has 1 aliphatic heterocycles. The first kappa shape index (κ1) is 6.43. The second-order valence-corrected chi connectivity index (χ2v) is 1.61. The molecule has 10 heavy (non-hydrogen) atoms. The van der Waals surface area contributed by atoms with Gasteiger partial charge >= 0.3 is 0 Å². The average Bonchev–Trinajstić information content (AvgIpc) is 1.87. The average molecular weight is 131 g/mol. The van der Waals surface area contributed by atoms with E-state index >= 15 is 0 Å². The summed E-state index contributed by atoms with van der Waals surface area (Å²) >= 11 is 0. The lowest BCUT2D eigenvalue weighted by atomic mass is 10.3. The maximum absolute atomic E-state index is 8.40. The highest BCUT2D eigenvalue weighted by Gasteiger charge is 1.86. The number of hydrogen-bond acceptors (Lipinski definition) is 3. The zero-order chi connectivity index (χ0) is 7.23. The molecule has 1 aliphatic rings. The molecule has 0 amide bonds. The van der Waals surface area contributed by atoms with E-state index in [9.17, 15) is 0 Å². The molecule has 0 saturated carbocycles. The molecule has 0 aromatic rings. The Hall–Kier alpha value is -1.69. The van der Waals surface area contributed by atoms with Gasteiger partial charge in [0, 0.05) is 24.8 Å². The summed E-state index contributed by atoms with van der Waals surface area (Å²) in [6.45, 7) is 0. The molecule has 3 nitrogen and oxygen atoms in total. The van der Waals surface area contributed by atoms with Gasteiger partial charge in [-0.1, -0.05) is 0 Å². The zero-order valence-corrected chi connectivity index (χ0v) is 5.23. The molecule has 0 radical (unpaired) electrons. The molecule has 0 saturated heterocycles. The van der Waals surface area contributed by atoms with Gasteiger partial charge in [-0.3, -0.25) is 9.98 Å². The van der Waals surface area contributed by atoms with Crippen LogP contribution < -0.4 is 0 Å². The highest BCUT2D eigenvalue weighted by molar-refractivity contribution is 5.85. The molecule has 48 valence electrons. The van der Waals surface area contributed by atoms with E-state index in [0.717, 1.165) is 0 Å². The molecule has 0 unspecified atom stereocenters. The summed E-state index contributed by atoms with van der Waals surface area (Å²) in [5.41, 5.74) is 0.459. The molecule has 0 fully saturated rings. The SMILES string of the molecule is N#CC1=C/N=C\C=C/N=C\1. The third kappa shape index (κ3) is 1.67. The molecule has 3 heteroatoms. The van der Waals surface area contributed by atoms with Gasteiger partial charge < -0.3 is 0 Å². The van der Waals surface area contributed by atoms with Crippen LogP contribution in [0.25, 0.3) is 0 Å². The molecule has 1 heterocycles. The smallest absolute Gasteiger partial charge is 0.102 e. The number of nitriles is 1. The molecular weight excluding hydrogens is 126 g/mol. The standard InChI is InChI=1S/C7H5N3/c8-4-7-5-9-2-1-3-10-6-7/h1-3,5-6H/b2-1-,3-1?,7-5?,7-6-,9-2?,9-5-,10-3-,10-6?. The van der Waals surface area contributed by atoms with Crippen LogP contribution in [-0.2, 0) is 0 Å². The van der Waals surface area contributed by atoms with Crippen LogP contribution in [0.15, 0.2) is 34.0 Å². The number of nitrogens with zero attached hydrogens (tertiary/aromatic N) is 3. The highest BCUT2D eigenvalue weighted by atomic mass is 14.7. The van der Waals surface area contributed by atoms with E-state index in [1.165, 1.54) is 12.4 Å². The van der Waals surface area contributed by atoms with E-state index in [4.69, 9.17) is 5.26 Å². The van der Waals surface area contributed by atoms with E-state index < -0.39 is 0 Å². The van der Waals surface area contributed by atoms with Crippen molar-refractivity contribution in [1.82, 2.24) is 0 Å². The molecule has 0 aromatic heterocycles. The predicted octanol–water partition coefficient (Wildman–Crippen LogP) is 1.06. The Morgan fingerprint density at radius 3 is 3.10 bits per heavy atom. The van der Waals surface area contributed by atoms with Gasteiger partial charge in [-0.15, -0.1) is 0 Å². The highest BCUT2D eigenvalue weighted by Crippen LogP contribution is 1.90. The molecule has 0 atom stereocenters. The number of allylic oxidation sites excluding steroid dienone is 2. The summed E-state index contributed by atoms with van der Waals surface area (Å²) in [5, 5.41) is 8.40. The Balaban J connectivity index is 2.86. The van der Waals surface area contributed by atoms with Crippen LogP contribution in [-0.4, -0.2) is 12.4 Å². The van der Waals surface area contributed by atoms with Gasteiger partial charge in [0.1, 0.15) is 6.07 Å². The quantitative estimate of drug-likeness (QED) is 0.485. The van der Waals surface area contributed by atoms with Gasteiger partial charge in [0.2, 0.25) is 0 Å². The first-order valence-electron chi connectivity index (χ1n) is 2.75. The van der Waals surface area contributed by atoms with E-state index in [1.54, 1.807) is 18.5 Å². The van der Waals surface area contributed by atoms with E-state index in [2.05, 4.69) is 9.98 Å². The van der Waals surface area contributed by atoms with Crippen molar-refractivity contribution in [2.24, 2.45) is 9.98 Å². The van der Waals surface area contributed by atoms with Gasteiger partial charge in [0.25, 0.3) is 0 Å². The van der Waals surface area contributed by atoms with Crippen molar-refractivity contribution < 1.29 is 0 Å². The molecule has 0 bridgehead atoms. The lowest BCUT2D eigenvalue weighted by Crippen LogP contribution is -1.80. The first-order valence-corrected chi connectivity index (χ1v) is 2.75. The second kappa shape index (κ2) is 3.36. The number of rotatable bonds is 0. The first-order chi connectivity index (χ1) is 4.93. The van der Waals surface area contributed by atoms with E-state index in [-0.39, 0.29) is 0 Å². The van der Waals surface area contributed by atoms with E-state index in [1.807, 2.05) is 6.07 Å². The lowest BCUT2D eigenvalue weighted by molar-refractivity contribution is 1.47. The van der Waals surface area contributed by atoms with Gasteiger partial charge in [-0.2, -0.15) is 5.26 Å². The molecular formula is C7H5N3. The molecule has 0 N–H and O–H groups in total. The fourth-order valence-electron chi connectivity index (χ4n) is 0.476. The number of aliphatic imine (C=N–C) groups is 2. The monoisotopic (exact) mass is 131 g/mol. The maximum atomic E-state index is 8.40. The van der Waals surface area contributed by atoms with Crippen LogP contribution >= 0.6 is 0 Å². The second-order valence-electron chi connectivity index (χ2n) is 1.61. The van der Waals surface area contributed by atoms with Crippen LogP contribution in [0, 0.1) is 11.3 Å². The van der Waals surface area contributed by atoms with Crippen LogP contribution in [0.5, 0.6) is 0 Å². The fourth-order valence-corrected chi connectivity index (χ4v) is 0.476. The predicted molar refractivity (Wildman–Crippen MR) is 39.8 cm³/mol. The van der Waals surface area contributed by atoms with Crippen molar-refractivity contribution in [3.8, 4) is 6.07 Å². The minimum absolute atomic E-state index is 0.459. The van der Waals surface area contributed by atoms with Crippen molar-refractivity contribution in [2.45, 2.75) is 0 Å². The summed E-state index contributed by atoms with van der Waals surface area (Å²) in [6.07, 6.45) is 7.78. The van der Waals surface area contributed by atoms with Gasteiger partial charge in [0.05, 0.1) is 5.57 Å². The summed E-state index contributed by atoms with van der Waals surface area (Å²) < 4.78 is 0. The Morgan fingerprint density at radius 2 is 2.30 bits per heavy atom. The summed E-state index contributed by atoms with van der Waals surface area (Å²) in [6, 6.07) is 1.94. The van der Waals surface area contributed by atoms with Crippen molar-refractivity contribution in [3.63, 3.8) is 0 Å². The molecule has 0 aromatic carbocycles. The maximum Gasteiger partial charge on any atom is 0.102 e. The summed E-state index contributed by atoms with van der Waals surface area (Å²) in [7, 11) is 0. The Labute approximate surface area is 58.7 Å². The largest absolute Gasteiger partial charge is 0.263 e. The van der Waals surface area contributed by atoms with E-state index in [0.29, 0.717) is 5.57 Å². The van der Waals surface area contributed by atoms with Crippen LogP contribution in [0.3, 0.4) is 0 Å². The zero-order valence-electron chi connectivity index (χ0n) is 5.23. The van der Waals surface area contributed by atoms with Crippen molar-refractivity contribution in [1.29, 1.82) is 5.26 Å². The third-order valence-corrected chi connectivity index (χ3v) is 0.901. The Bertz CT molecular complexity index is 263. The normalized spacial score (nSPS) is 30.1. The fraction of sp³-hybridized carbons (Fsp3) is 0. The molecule has 1 rings (SSSR count). The van der Waals surface area contributed by atoms with Crippen LogP contribution in [0.2, 0.25) is 0 Å². The summed E-state index contributed by atoms with van der Waals surface area (Å²) in [4.78, 5) is 7.59. The van der Waals surface area contributed by atoms with Crippen molar-refractivity contribution in [3.05, 3.63) is 24.0 Å². The lowest BCUT2D eigenvalue weighted by Gasteiger charge is -1.84. The van der Waals surface area contributed by atoms with Gasteiger partial charge in [-0.05, 0) is 6.08 Å². The molecule has 0 aliphatic carbocycles. The third-order valence-electron chi connectivity index (χ3n) is 0.901. The van der Waals surface area contributed by atoms with Crippen molar-refractivity contribution in [2.75, 3.05) is 0 Å². The summed E-state index contributed by atoms with van der Waals surface area (Å²) in [5.74, 6) is 0. The Kier molecular flexibility index (Phi) is 2.16. The van der Waals surface area contributed by atoms with Gasteiger partial charge in [-0.25, -0.2) is 0 Å². The van der Waals surface area contributed by atoms with Crippen LogP contribution in [0.1, 0.15) is 0 Å². The molecule has 0 spiro atoms. The van der Waals surface area contributed by atoms with Gasteiger partial charge in [0.15, 0.2) is 0 Å². The number of hydrogen-bond donors (Lipinski definition) is 0. The van der Waals surface area contributed by atoms with Crippen LogP contribution in [0.4, 0.5) is 0 Å². The van der Waals surface area contributed by atoms with Crippen molar-refractivity contribution >= 4 is 12.4 Å². The minimum atomic E-state index is 0.459.